The zero-order valence-electron chi connectivity index (χ0n) is 10.8. The van der Waals surface area contributed by atoms with Crippen molar-refractivity contribution in [3.63, 3.8) is 0 Å². The lowest BCUT2D eigenvalue weighted by Crippen LogP contribution is -2.20. The van der Waals surface area contributed by atoms with Crippen LogP contribution in [0.25, 0.3) is 0 Å². The summed E-state index contributed by atoms with van der Waals surface area (Å²) in [6.45, 7) is -0.372. The summed E-state index contributed by atoms with van der Waals surface area (Å²) in [5.74, 6) is -1.28. The Morgan fingerprint density at radius 2 is 2.05 bits per heavy atom. The molecule has 0 aliphatic rings. The van der Waals surface area contributed by atoms with E-state index in [1.165, 1.54) is 12.1 Å². The molecule has 0 heterocycles. The Kier molecular flexibility index (Phi) is 4.90. The van der Waals surface area contributed by atoms with Crippen LogP contribution in [0.4, 0.5) is 10.1 Å². The second-order valence-electron chi connectivity index (χ2n) is 4.12. The Labute approximate surface area is 125 Å². The van der Waals surface area contributed by atoms with E-state index >= 15 is 0 Å². The summed E-state index contributed by atoms with van der Waals surface area (Å²) in [7, 11) is 0. The molecule has 2 rings (SSSR count). The Hall–Kier alpha value is -2.40. The number of hydrogen-bond donors (Lipinski definition) is 1. The lowest BCUT2D eigenvalue weighted by molar-refractivity contribution is -0.118. The van der Waals surface area contributed by atoms with Crippen molar-refractivity contribution in [2.75, 3.05) is 11.9 Å². The van der Waals surface area contributed by atoms with Gasteiger partial charge in [0.2, 0.25) is 0 Å². The summed E-state index contributed by atoms with van der Waals surface area (Å²) in [5, 5.41) is 2.94. The SMILES string of the molecule is O=Cc1ccc(OCC(=O)Nc2ccccc2Cl)c(F)c1. The average Bonchev–Trinajstić information content (AvgIpc) is 2.48. The lowest BCUT2D eigenvalue weighted by Gasteiger charge is -2.09. The molecule has 21 heavy (non-hydrogen) atoms. The van der Waals surface area contributed by atoms with Crippen molar-refractivity contribution < 1.29 is 18.7 Å². The van der Waals surface area contributed by atoms with E-state index in [2.05, 4.69) is 5.32 Å². The quantitative estimate of drug-likeness (QED) is 0.862. The topological polar surface area (TPSA) is 55.4 Å². The van der Waals surface area contributed by atoms with E-state index in [0.717, 1.165) is 6.07 Å². The van der Waals surface area contributed by atoms with E-state index < -0.39 is 11.7 Å². The van der Waals surface area contributed by atoms with Crippen molar-refractivity contribution in [3.8, 4) is 5.75 Å². The third-order valence-corrected chi connectivity index (χ3v) is 2.93. The van der Waals surface area contributed by atoms with Gasteiger partial charge in [-0.3, -0.25) is 9.59 Å². The van der Waals surface area contributed by atoms with Crippen LogP contribution >= 0.6 is 11.6 Å². The van der Waals surface area contributed by atoms with Crippen molar-refractivity contribution in [2.45, 2.75) is 0 Å². The molecule has 0 bridgehead atoms. The normalized spacial score (nSPS) is 10.0. The van der Waals surface area contributed by atoms with Gasteiger partial charge in [-0.05, 0) is 30.3 Å². The van der Waals surface area contributed by atoms with Crippen LogP contribution in [0, 0.1) is 5.82 Å². The van der Waals surface area contributed by atoms with Gasteiger partial charge in [0.25, 0.3) is 5.91 Å². The highest BCUT2D eigenvalue weighted by Gasteiger charge is 2.09. The van der Waals surface area contributed by atoms with E-state index in [9.17, 15) is 14.0 Å². The molecule has 0 spiro atoms. The molecule has 108 valence electrons. The molecule has 0 saturated heterocycles. The van der Waals surface area contributed by atoms with Crippen LogP contribution in [0.15, 0.2) is 42.5 Å². The van der Waals surface area contributed by atoms with Crippen LogP contribution in [-0.4, -0.2) is 18.8 Å². The maximum Gasteiger partial charge on any atom is 0.262 e. The molecule has 1 N–H and O–H groups in total. The third kappa shape index (κ3) is 4.03. The van der Waals surface area contributed by atoms with Crippen LogP contribution < -0.4 is 10.1 Å². The van der Waals surface area contributed by atoms with Crippen molar-refractivity contribution >= 4 is 29.5 Å². The van der Waals surface area contributed by atoms with Crippen molar-refractivity contribution in [2.24, 2.45) is 0 Å². The number of anilines is 1. The number of ether oxygens (including phenoxy) is 1. The molecule has 4 nitrogen and oxygen atoms in total. The molecule has 2 aromatic carbocycles. The van der Waals surface area contributed by atoms with E-state index in [0.29, 0.717) is 17.0 Å². The maximum atomic E-state index is 13.5. The first-order chi connectivity index (χ1) is 10.1. The van der Waals surface area contributed by atoms with Crippen LogP contribution in [0.5, 0.6) is 5.75 Å². The Balaban J connectivity index is 1.95. The minimum absolute atomic E-state index is 0.102. The first-order valence-electron chi connectivity index (χ1n) is 6.02. The molecule has 0 radical (unpaired) electrons. The predicted molar refractivity (Wildman–Crippen MR) is 77.4 cm³/mol. The zero-order valence-corrected chi connectivity index (χ0v) is 11.6. The number of carbonyl (C=O) groups is 2. The van der Waals surface area contributed by atoms with Crippen LogP contribution in [0.2, 0.25) is 5.02 Å². The van der Waals surface area contributed by atoms with Crippen LogP contribution in [-0.2, 0) is 4.79 Å². The summed E-state index contributed by atoms with van der Waals surface area (Å²) in [6.07, 6.45) is 0.525. The molecular weight excluding hydrogens is 297 g/mol. The van der Waals surface area contributed by atoms with Gasteiger partial charge in [0.1, 0.15) is 6.29 Å². The number of hydrogen-bond acceptors (Lipinski definition) is 3. The Morgan fingerprint density at radius 3 is 2.71 bits per heavy atom. The van der Waals surface area contributed by atoms with E-state index in [4.69, 9.17) is 16.3 Å². The van der Waals surface area contributed by atoms with Gasteiger partial charge in [-0.15, -0.1) is 0 Å². The van der Waals surface area contributed by atoms with E-state index in [1.807, 2.05) is 0 Å². The fourth-order valence-corrected chi connectivity index (χ4v) is 1.78. The summed E-state index contributed by atoms with van der Waals surface area (Å²) in [6, 6.07) is 10.5. The first-order valence-corrected chi connectivity index (χ1v) is 6.40. The third-order valence-electron chi connectivity index (χ3n) is 2.60. The Morgan fingerprint density at radius 1 is 1.29 bits per heavy atom. The highest BCUT2D eigenvalue weighted by atomic mass is 35.5. The van der Waals surface area contributed by atoms with Gasteiger partial charge in [-0.2, -0.15) is 0 Å². The largest absolute Gasteiger partial charge is 0.481 e. The molecule has 0 unspecified atom stereocenters. The molecule has 0 fully saturated rings. The smallest absolute Gasteiger partial charge is 0.262 e. The number of para-hydroxylation sites is 1. The van der Waals surface area contributed by atoms with Crippen LogP contribution in [0.3, 0.4) is 0 Å². The number of amides is 1. The monoisotopic (exact) mass is 307 g/mol. The minimum atomic E-state index is -0.704. The minimum Gasteiger partial charge on any atom is -0.481 e. The molecule has 2 aromatic rings. The molecule has 0 aromatic heterocycles. The predicted octanol–water partition coefficient (Wildman–Crippen LogP) is 3.31. The molecule has 1 amide bonds. The second kappa shape index (κ2) is 6.85. The average molecular weight is 308 g/mol. The number of benzene rings is 2. The summed E-state index contributed by atoms with van der Waals surface area (Å²) >= 11 is 5.90. The number of nitrogens with one attached hydrogen (secondary N) is 1. The molecule has 0 aliphatic carbocycles. The number of rotatable bonds is 5. The first kappa shape index (κ1) is 15.0. The van der Waals surface area contributed by atoms with Gasteiger partial charge in [0.05, 0.1) is 10.7 Å². The van der Waals surface area contributed by atoms with Crippen molar-refractivity contribution in [1.29, 1.82) is 0 Å². The van der Waals surface area contributed by atoms with E-state index in [-0.39, 0.29) is 17.9 Å². The molecule has 0 atom stereocenters. The van der Waals surface area contributed by atoms with Gasteiger partial charge in [0.15, 0.2) is 18.2 Å². The standard InChI is InChI=1S/C15H11ClFNO3/c16-11-3-1-2-4-13(11)18-15(20)9-21-14-6-5-10(8-19)7-12(14)17/h1-8H,9H2,(H,18,20). The van der Waals surface area contributed by atoms with Gasteiger partial charge in [0, 0.05) is 5.56 Å². The van der Waals surface area contributed by atoms with Gasteiger partial charge in [-0.25, -0.2) is 4.39 Å². The molecular formula is C15H11ClFNO3. The highest BCUT2D eigenvalue weighted by molar-refractivity contribution is 6.33. The maximum absolute atomic E-state index is 13.5. The van der Waals surface area contributed by atoms with Gasteiger partial charge >= 0.3 is 0 Å². The number of carbonyl (C=O) groups excluding carboxylic acids is 2. The zero-order chi connectivity index (χ0) is 15.2. The summed E-state index contributed by atoms with van der Waals surface area (Å²) < 4.78 is 18.6. The fraction of sp³-hybridized carbons (Fsp3) is 0.0667. The van der Waals surface area contributed by atoms with Crippen LogP contribution in [0.1, 0.15) is 10.4 Å². The fourth-order valence-electron chi connectivity index (χ4n) is 1.60. The molecule has 0 saturated carbocycles. The highest BCUT2D eigenvalue weighted by Crippen LogP contribution is 2.21. The molecule has 0 aliphatic heterocycles. The molecule has 6 heteroatoms. The summed E-state index contributed by atoms with van der Waals surface area (Å²) in [4.78, 5) is 22.2. The number of aldehydes is 1. The van der Waals surface area contributed by atoms with E-state index in [1.54, 1.807) is 24.3 Å². The van der Waals surface area contributed by atoms with Gasteiger partial charge < -0.3 is 10.1 Å². The second-order valence-corrected chi connectivity index (χ2v) is 4.53. The van der Waals surface area contributed by atoms with Crippen molar-refractivity contribution in [3.05, 3.63) is 58.9 Å². The Bertz CT molecular complexity index is 676. The summed E-state index contributed by atoms with van der Waals surface area (Å²) in [5.41, 5.74) is 0.643. The van der Waals surface area contributed by atoms with Gasteiger partial charge in [-0.1, -0.05) is 23.7 Å². The number of halogens is 2. The lowest BCUT2D eigenvalue weighted by atomic mass is 10.2. The van der Waals surface area contributed by atoms with Crippen molar-refractivity contribution in [1.82, 2.24) is 0 Å².